The van der Waals surface area contributed by atoms with Gasteiger partial charge in [0.15, 0.2) is 0 Å². The topological polar surface area (TPSA) is 108 Å². The minimum Gasteiger partial charge on any atom is -0.429 e. The molecule has 1 aromatic rings. The van der Waals surface area contributed by atoms with Crippen LogP contribution < -0.4 is 5.32 Å². The number of esters is 1. The van der Waals surface area contributed by atoms with Gasteiger partial charge in [0.1, 0.15) is 18.3 Å². The Hall–Kier alpha value is -1.67. The smallest absolute Gasteiger partial charge is 0.342 e. The number of carbonyl (C=O) groups excluding carboxylic acids is 1. The zero-order valence-corrected chi connectivity index (χ0v) is 11.8. The second-order valence-corrected chi connectivity index (χ2v) is 4.88. The van der Waals surface area contributed by atoms with Crippen LogP contribution in [0.3, 0.4) is 0 Å². The number of hydrogen-bond acceptors (Lipinski definition) is 7. The van der Waals surface area contributed by atoms with E-state index >= 15 is 0 Å². The molecule has 0 radical (unpaired) electrons. The fourth-order valence-corrected chi connectivity index (χ4v) is 2.16. The van der Waals surface area contributed by atoms with Gasteiger partial charge in [-0.3, -0.25) is 0 Å². The first kappa shape index (κ1) is 15.7. The molecule has 0 spiro atoms. The van der Waals surface area contributed by atoms with E-state index in [1.54, 1.807) is 31.3 Å². The Labute approximate surface area is 122 Å². The average Bonchev–Trinajstić information content (AvgIpc) is 2.50. The van der Waals surface area contributed by atoms with Gasteiger partial charge in [-0.25, -0.2) is 4.79 Å². The first-order valence-corrected chi connectivity index (χ1v) is 6.63. The number of anilines is 1. The maximum Gasteiger partial charge on any atom is 0.342 e. The first-order valence-electron chi connectivity index (χ1n) is 6.63. The van der Waals surface area contributed by atoms with Gasteiger partial charge in [0.25, 0.3) is 0 Å². The fraction of sp³-hybridized carbons (Fsp3) is 0.500. The van der Waals surface area contributed by atoms with E-state index in [0.29, 0.717) is 5.69 Å². The number of aliphatic hydroxyl groups is 3. The Morgan fingerprint density at radius 3 is 2.52 bits per heavy atom. The van der Waals surface area contributed by atoms with Gasteiger partial charge in [-0.1, -0.05) is 12.1 Å². The molecule has 1 aromatic carbocycles. The molecule has 1 aliphatic rings. The Morgan fingerprint density at radius 2 is 1.86 bits per heavy atom. The van der Waals surface area contributed by atoms with Crippen molar-refractivity contribution in [3.8, 4) is 0 Å². The molecule has 1 heterocycles. The predicted molar refractivity (Wildman–Crippen MR) is 73.8 cm³/mol. The van der Waals surface area contributed by atoms with Crippen LogP contribution >= 0.6 is 0 Å². The van der Waals surface area contributed by atoms with E-state index < -0.39 is 36.7 Å². The second-order valence-electron chi connectivity index (χ2n) is 4.88. The number of rotatable bonds is 3. The molecule has 0 aromatic heterocycles. The highest BCUT2D eigenvalue weighted by Crippen LogP contribution is 2.24. The van der Waals surface area contributed by atoms with Crippen molar-refractivity contribution >= 4 is 11.7 Å². The summed E-state index contributed by atoms with van der Waals surface area (Å²) in [5.41, 5.74) is 0.852. The summed E-state index contributed by atoms with van der Waals surface area (Å²) in [5, 5.41) is 31.9. The molecular formula is C14H19NO6. The summed E-state index contributed by atoms with van der Waals surface area (Å²) in [6, 6.07) is 6.71. The standard InChI is InChI=1S/C14H19NO6/c1-7-10(16)11(17)12(18)14(20-7)21-13(19)8-5-3-4-6-9(8)15-2/h3-7,10-12,14-18H,1-2H3/t7-,10-,11-,12+,14-/m1/s1. The number of ether oxygens (including phenoxy) is 2. The monoisotopic (exact) mass is 297 g/mol. The molecule has 0 bridgehead atoms. The minimum atomic E-state index is -1.51. The van der Waals surface area contributed by atoms with E-state index in [1.807, 2.05) is 0 Å². The number of para-hydroxylation sites is 1. The van der Waals surface area contributed by atoms with E-state index in [2.05, 4.69) is 5.32 Å². The van der Waals surface area contributed by atoms with Crippen molar-refractivity contribution in [1.29, 1.82) is 0 Å². The van der Waals surface area contributed by atoms with E-state index in [-0.39, 0.29) is 5.56 Å². The van der Waals surface area contributed by atoms with Crippen molar-refractivity contribution in [2.45, 2.75) is 37.6 Å². The van der Waals surface area contributed by atoms with Crippen molar-refractivity contribution in [3.63, 3.8) is 0 Å². The highest BCUT2D eigenvalue weighted by molar-refractivity contribution is 5.95. The van der Waals surface area contributed by atoms with Crippen molar-refractivity contribution in [2.75, 3.05) is 12.4 Å². The zero-order chi connectivity index (χ0) is 15.6. The van der Waals surface area contributed by atoms with E-state index in [4.69, 9.17) is 9.47 Å². The zero-order valence-electron chi connectivity index (χ0n) is 11.8. The lowest BCUT2D eigenvalue weighted by Crippen LogP contribution is -2.57. The Balaban J connectivity index is 2.12. The van der Waals surface area contributed by atoms with Crippen molar-refractivity contribution in [3.05, 3.63) is 29.8 Å². The Bertz CT molecular complexity index is 508. The summed E-state index contributed by atoms with van der Waals surface area (Å²) in [7, 11) is 1.67. The molecule has 7 heteroatoms. The summed E-state index contributed by atoms with van der Waals surface area (Å²) < 4.78 is 10.3. The summed E-state index contributed by atoms with van der Waals surface area (Å²) in [5.74, 6) is -0.695. The first-order chi connectivity index (χ1) is 9.95. The summed E-state index contributed by atoms with van der Waals surface area (Å²) in [6.45, 7) is 1.52. The summed E-state index contributed by atoms with van der Waals surface area (Å²) >= 11 is 0. The Kier molecular flexibility index (Phi) is 4.79. The molecule has 2 rings (SSSR count). The van der Waals surface area contributed by atoms with Crippen molar-refractivity contribution in [2.24, 2.45) is 0 Å². The number of carbonyl (C=O) groups is 1. The number of aliphatic hydroxyl groups excluding tert-OH is 3. The van der Waals surface area contributed by atoms with E-state index in [1.165, 1.54) is 6.92 Å². The molecule has 4 N–H and O–H groups in total. The highest BCUT2D eigenvalue weighted by atomic mass is 16.7. The Morgan fingerprint density at radius 1 is 1.19 bits per heavy atom. The lowest BCUT2D eigenvalue weighted by atomic mass is 10.00. The van der Waals surface area contributed by atoms with E-state index in [9.17, 15) is 20.1 Å². The van der Waals surface area contributed by atoms with Gasteiger partial charge in [-0.05, 0) is 19.1 Å². The quantitative estimate of drug-likeness (QED) is 0.568. The molecule has 0 amide bonds. The second kappa shape index (κ2) is 6.40. The molecule has 1 fully saturated rings. The molecule has 5 atom stereocenters. The molecule has 7 nitrogen and oxygen atoms in total. The molecule has 1 aliphatic heterocycles. The number of nitrogens with one attached hydrogen (secondary N) is 1. The van der Waals surface area contributed by atoms with Crippen LogP contribution in [0, 0.1) is 0 Å². The minimum absolute atomic E-state index is 0.282. The molecule has 21 heavy (non-hydrogen) atoms. The van der Waals surface area contributed by atoms with E-state index in [0.717, 1.165) is 0 Å². The molecule has 0 unspecified atom stereocenters. The third-order valence-electron chi connectivity index (χ3n) is 3.45. The average molecular weight is 297 g/mol. The lowest BCUT2D eigenvalue weighted by Gasteiger charge is -2.38. The third-order valence-corrected chi connectivity index (χ3v) is 3.45. The maximum absolute atomic E-state index is 12.1. The van der Waals surface area contributed by atoms with Gasteiger partial charge in [0, 0.05) is 12.7 Å². The molecule has 116 valence electrons. The summed E-state index contributed by atoms with van der Waals surface area (Å²) in [4.78, 5) is 12.1. The van der Waals surface area contributed by atoms with Crippen LogP contribution in [0.1, 0.15) is 17.3 Å². The fourth-order valence-electron chi connectivity index (χ4n) is 2.16. The van der Waals surface area contributed by atoms with Gasteiger partial charge in [-0.2, -0.15) is 0 Å². The van der Waals surface area contributed by atoms with Crippen LogP contribution in [0.5, 0.6) is 0 Å². The molecule has 1 saturated heterocycles. The van der Waals surface area contributed by atoms with Crippen LogP contribution in [0.2, 0.25) is 0 Å². The van der Waals surface area contributed by atoms with Crippen LogP contribution in [0.4, 0.5) is 5.69 Å². The number of benzene rings is 1. The van der Waals surface area contributed by atoms with Crippen molar-refractivity contribution < 1.29 is 29.6 Å². The lowest BCUT2D eigenvalue weighted by molar-refractivity contribution is -0.276. The largest absolute Gasteiger partial charge is 0.429 e. The SMILES string of the molecule is CNc1ccccc1C(=O)O[C@H]1O[C@H](C)[C@@H](O)[C@@H](O)[C@@H]1O. The van der Waals surface area contributed by atoms with Crippen molar-refractivity contribution in [1.82, 2.24) is 0 Å². The summed E-state index contributed by atoms with van der Waals surface area (Å²) in [6.07, 6.45) is -6.29. The van der Waals surface area contributed by atoms with Crippen LogP contribution in [-0.4, -0.2) is 59.0 Å². The third kappa shape index (κ3) is 3.16. The van der Waals surface area contributed by atoms with Gasteiger partial charge >= 0.3 is 5.97 Å². The maximum atomic E-state index is 12.1. The normalized spacial score (nSPS) is 32.5. The van der Waals surface area contributed by atoms with Gasteiger partial charge in [0.2, 0.25) is 6.29 Å². The molecule has 0 aliphatic carbocycles. The van der Waals surface area contributed by atoms with Gasteiger partial charge in [0.05, 0.1) is 11.7 Å². The van der Waals surface area contributed by atoms with Gasteiger partial charge < -0.3 is 30.1 Å². The highest BCUT2D eigenvalue weighted by Gasteiger charge is 2.43. The predicted octanol–water partition coefficient (Wildman–Crippen LogP) is -0.287. The van der Waals surface area contributed by atoms with Crippen LogP contribution in [-0.2, 0) is 9.47 Å². The number of hydrogen-bond donors (Lipinski definition) is 4. The van der Waals surface area contributed by atoms with Gasteiger partial charge in [-0.15, -0.1) is 0 Å². The molecular weight excluding hydrogens is 278 g/mol. The van der Waals surface area contributed by atoms with Crippen LogP contribution in [0.25, 0.3) is 0 Å². The van der Waals surface area contributed by atoms with Crippen LogP contribution in [0.15, 0.2) is 24.3 Å². The molecule has 0 saturated carbocycles.